The first-order chi connectivity index (χ1) is 11.0. The van der Waals surface area contributed by atoms with Crippen LogP contribution in [-0.2, 0) is 4.79 Å². The molecule has 2 atom stereocenters. The number of carbonyl (C=O) groups is 1. The van der Waals surface area contributed by atoms with Gasteiger partial charge in [-0.2, -0.15) is 0 Å². The number of piperidine rings is 1. The molecule has 1 aromatic heterocycles. The summed E-state index contributed by atoms with van der Waals surface area (Å²) in [5, 5.41) is 9.85. The zero-order valence-electron chi connectivity index (χ0n) is 13.1. The van der Waals surface area contributed by atoms with Crippen molar-refractivity contribution < 1.29 is 14.6 Å². The van der Waals surface area contributed by atoms with E-state index in [9.17, 15) is 9.90 Å². The van der Waals surface area contributed by atoms with E-state index in [1.165, 1.54) is 11.8 Å². The van der Waals surface area contributed by atoms with E-state index >= 15 is 0 Å². The first-order valence-electron chi connectivity index (χ1n) is 7.83. The van der Waals surface area contributed by atoms with Gasteiger partial charge >= 0.3 is 0 Å². The maximum Gasteiger partial charge on any atom is 0.232 e. The van der Waals surface area contributed by atoms with Crippen LogP contribution >= 0.6 is 11.8 Å². The van der Waals surface area contributed by atoms with Gasteiger partial charge in [-0.3, -0.25) is 4.79 Å². The lowest BCUT2D eigenvalue weighted by atomic mass is 10.0. The largest absolute Gasteiger partial charge is 0.493 e. The molecule has 3 heterocycles. The number of nitrogens with zero attached hydrogens (tertiary/aromatic N) is 2. The Labute approximate surface area is 139 Å². The summed E-state index contributed by atoms with van der Waals surface area (Å²) in [5.41, 5.74) is 12.4. The van der Waals surface area contributed by atoms with Crippen molar-refractivity contribution in [2.45, 2.75) is 42.2 Å². The van der Waals surface area contributed by atoms with Crippen LogP contribution in [0.4, 0.5) is 5.82 Å². The number of rotatable bonds is 4. The minimum atomic E-state index is -0.518. The molecule has 8 heteroatoms. The Morgan fingerprint density at radius 1 is 1.52 bits per heavy atom. The second-order valence-electron chi connectivity index (χ2n) is 5.82. The van der Waals surface area contributed by atoms with E-state index < -0.39 is 17.2 Å². The van der Waals surface area contributed by atoms with Crippen molar-refractivity contribution in [3.8, 4) is 5.75 Å². The Kier molecular flexibility index (Phi) is 4.65. The number of hydrogen-bond donors (Lipinski definition) is 3. The Balaban J connectivity index is 1.95. The lowest BCUT2D eigenvalue weighted by Crippen LogP contribution is -2.36. The highest BCUT2D eigenvalue weighted by Gasteiger charge is 2.39. The van der Waals surface area contributed by atoms with E-state index in [2.05, 4.69) is 9.88 Å². The van der Waals surface area contributed by atoms with Crippen LogP contribution in [0.25, 0.3) is 0 Å². The summed E-state index contributed by atoms with van der Waals surface area (Å²) in [7, 11) is 0. The third kappa shape index (κ3) is 3.11. The van der Waals surface area contributed by atoms with Gasteiger partial charge in [0.05, 0.1) is 18.8 Å². The molecule has 0 aliphatic carbocycles. The average Bonchev–Trinajstić information content (AvgIpc) is 2.86. The van der Waals surface area contributed by atoms with Crippen molar-refractivity contribution >= 4 is 23.5 Å². The summed E-state index contributed by atoms with van der Waals surface area (Å²) >= 11 is 1.30. The quantitative estimate of drug-likeness (QED) is 0.728. The first-order valence-corrected chi connectivity index (χ1v) is 8.71. The lowest BCUT2D eigenvalue weighted by molar-refractivity contribution is -0.117. The van der Waals surface area contributed by atoms with Gasteiger partial charge in [0, 0.05) is 24.7 Å². The van der Waals surface area contributed by atoms with Crippen molar-refractivity contribution in [3.05, 3.63) is 11.6 Å². The second kappa shape index (κ2) is 6.54. The van der Waals surface area contributed by atoms with Crippen molar-refractivity contribution in [3.63, 3.8) is 0 Å². The minimum absolute atomic E-state index is 0.242. The maximum atomic E-state index is 11.6. The van der Waals surface area contributed by atoms with Gasteiger partial charge in [-0.15, -0.1) is 0 Å². The average molecular weight is 338 g/mol. The molecule has 5 N–H and O–H groups in total. The fourth-order valence-corrected chi connectivity index (χ4v) is 4.15. The van der Waals surface area contributed by atoms with Crippen LogP contribution in [0.2, 0.25) is 0 Å². The molecule has 126 valence electrons. The fourth-order valence-electron chi connectivity index (χ4n) is 3.01. The molecule has 0 saturated carbocycles. The van der Waals surface area contributed by atoms with Gasteiger partial charge < -0.3 is 26.2 Å². The number of nitrogens with two attached hydrogens (primary N) is 2. The lowest BCUT2D eigenvalue weighted by Gasteiger charge is -2.31. The van der Waals surface area contributed by atoms with Crippen LogP contribution in [0.3, 0.4) is 0 Å². The molecule has 0 bridgehead atoms. The SMILES string of the molecule is CCOc1cc(N2CCC(O)CC2)nc2c1C(N)C(C(N)=O)S2. The molecule has 0 aromatic carbocycles. The number of anilines is 1. The highest BCUT2D eigenvalue weighted by Crippen LogP contribution is 2.47. The number of thioether (sulfide) groups is 1. The summed E-state index contributed by atoms with van der Waals surface area (Å²) in [4.78, 5) is 18.4. The zero-order valence-corrected chi connectivity index (χ0v) is 13.9. The van der Waals surface area contributed by atoms with Crippen LogP contribution in [-0.4, -0.2) is 47.0 Å². The van der Waals surface area contributed by atoms with E-state index in [0.717, 1.165) is 37.3 Å². The number of aliphatic hydroxyl groups is 1. The number of amides is 1. The first kappa shape index (κ1) is 16.4. The van der Waals surface area contributed by atoms with Crippen molar-refractivity contribution in [1.82, 2.24) is 4.98 Å². The third-order valence-electron chi connectivity index (χ3n) is 4.24. The van der Waals surface area contributed by atoms with Gasteiger partial charge in [-0.05, 0) is 19.8 Å². The number of carbonyl (C=O) groups excluding carboxylic acids is 1. The van der Waals surface area contributed by atoms with Crippen molar-refractivity contribution in [1.29, 1.82) is 0 Å². The molecule has 1 fully saturated rings. The van der Waals surface area contributed by atoms with Gasteiger partial charge in [0.2, 0.25) is 5.91 Å². The smallest absolute Gasteiger partial charge is 0.232 e. The number of primary amides is 1. The molecule has 2 aliphatic heterocycles. The van der Waals surface area contributed by atoms with E-state index in [1.54, 1.807) is 0 Å². The molecule has 1 amide bonds. The highest BCUT2D eigenvalue weighted by atomic mass is 32.2. The monoisotopic (exact) mass is 338 g/mol. The number of aromatic nitrogens is 1. The Hall–Kier alpha value is -1.51. The molecule has 1 aromatic rings. The minimum Gasteiger partial charge on any atom is -0.493 e. The molecule has 23 heavy (non-hydrogen) atoms. The van der Waals surface area contributed by atoms with Gasteiger partial charge in [0.1, 0.15) is 21.8 Å². The molecule has 7 nitrogen and oxygen atoms in total. The molecule has 1 saturated heterocycles. The van der Waals surface area contributed by atoms with Gasteiger partial charge in [-0.1, -0.05) is 11.8 Å². The van der Waals surface area contributed by atoms with Crippen LogP contribution in [0.15, 0.2) is 11.1 Å². The standard InChI is InChI=1S/C15H22N4O3S/c1-2-22-9-7-10(19-5-3-8(20)4-6-19)18-15-11(9)12(16)13(23-15)14(17)21/h7-8,12-13,20H,2-6,16H2,1H3,(H2,17,21). The predicted octanol–water partition coefficient (Wildman–Crippen LogP) is 0.401. The number of pyridine rings is 1. The zero-order chi connectivity index (χ0) is 16.6. The van der Waals surface area contributed by atoms with E-state index in [1.807, 2.05) is 13.0 Å². The number of hydrogen-bond acceptors (Lipinski definition) is 7. The summed E-state index contributed by atoms with van der Waals surface area (Å²) < 4.78 is 5.74. The Morgan fingerprint density at radius 2 is 2.22 bits per heavy atom. The summed E-state index contributed by atoms with van der Waals surface area (Å²) in [6.45, 7) is 3.90. The normalized spacial score (nSPS) is 24.6. The molecule has 0 spiro atoms. The van der Waals surface area contributed by atoms with E-state index in [0.29, 0.717) is 17.4 Å². The fraction of sp³-hybridized carbons (Fsp3) is 0.600. The topological polar surface area (TPSA) is 115 Å². The molecule has 2 unspecified atom stereocenters. The van der Waals surface area contributed by atoms with Crippen LogP contribution < -0.4 is 21.1 Å². The number of fused-ring (bicyclic) bond motifs is 1. The van der Waals surface area contributed by atoms with Crippen LogP contribution in [0.5, 0.6) is 5.75 Å². The van der Waals surface area contributed by atoms with Gasteiger partial charge in [-0.25, -0.2) is 4.98 Å². The van der Waals surface area contributed by atoms with Gasteiger partial charge in [0.25, 0.3) is 0 Å². The summed E-state index contributed by atoms with van der Waals surface area (Å²) in [6.07, 6.45) is 1.20. The van der Waals surface area contributed by atoms with Crippen molar-refractivity contribution in [2.75, 3.05) is 24.6 Å². The molecule has 2 aliphatic rings. The van der Waals surface area contributed by atoms with Crippen LogP contribution in [0, 0.1) is 0 Å². The Bertz CT molecular complexity index is 605. The summed E-state index contributed by atoms with van der Waals surface area (Å²) in [6, 6.07) is 1.38. The van der Waals surface area contributed by atoms with Gasteiger partial charge in [0.15, 0.2) is 0 Å². The molecule has 0 radical (unpaired) electrons. The summed E-state index contributed by atoms with van der Waals surface area (Å²) in [5.74, 6) is 1.02. The van der Waals surface area contributed by atoms with E-state index in [-0.39, 0.29) is 6.10 Å². The Morgan fingerprint density at radius 3 is 2.83 bits per heavy atom. The van der Waals surface area contributed by atoms with E-state index in [4.69, 9.17) is 16.2 Å². The molecule has 3 rings (SSSR count). The maximum absolute atomic E-state index is 11.6. The third-order valence-corrected chi connectivity index (χ3v) is 5.55. The second-order valence-corrected chi connectivity index (χ2v) is 6.95. The highest BCUT2D eigenvalue weighted by molar-refractivity contribution is 8.01. The molecular weight excluding hydrogens is 316 g/mol. The number of aliphatic hydroxyl groups excluding tert-OH is 1. The van der Waals surface area contributed by atoms with Crippen LogP contribution in [0.1, 0.15) is 31.4 Å². The predicted molar refractivity (Wildman–Crippen MR) is 88.6 cm³/mol. The number of ether oxygens (including phenoxy) is 1. The van der Waals surface area contributed by atoms with Crippen molar-refractivity contribution in [2.24, 2.45) is 11.5 Å². The molecular formula is C15H22N4O3S.